The second kappa shape index (κ2) is 6.54. The number of nitrogens with zero attached hydrogens (tertiary/aromatic N) is 1. The van der Waals surface area contributed by atoms with Crippen LogP contribution in [0.15, 0.2) is 42.5 Å². The van der Waals surface area contributed by atoms with Crippen LogP contribution in [-0.4, -0.2) is 23.2 Å². The monoisotopic (exact) mass is 338 g/mol. The Morgan fingerprint density at radius 2 is 1.87 bits per heavy atom. The highest BCUT2D eigenvalue weighted by Crippen LogP contribution is 2.39. The van der Waals surface area contributed by atoms with E-state index in [4.69, 9.17) is 0 Å². The van der Waals surface area contributed by atoms with Gasteiger partial charge >= 0.3 is 6.03 Å². The zero-order valence-corrected chi connectivity index (χ0v) is 12.7. The molecule has 1 fully saturated rings. The van der Waals surface area contributed by atoms with Gasteiger partial charge in [-0.2, -0.15) is 0 Å². The predicted molar refractivity (Wildman–Crippen MR) is 83.7 cm³/mol. The molecule has 2 amide bonds. The molecule has 0 aliphatic carbocycles. The van der Waals surface area contributed by atoms with Gasteiger partial charge < -0.3 is 10.2 Å². The molecule has 1 N–H and O–H groups in total. The molecular formula is C16H13F3N2OS. The number of nitrogens with one attached hydrogen (secondary N) is 1. The van der Waals surface area contributed by atoms with Gasteiger partial charge in [-0.15, -0.1) is 11.8 Å². The van der Waals surface area contributed by atoms with Crippen LogP contribution in [0, 0.1) is 17.5 Å². The van der Waals surface area contributed by atoms with Crippen LogP contribution in [0.4, 0.5) is 23.7 Å². The molecule has 3 rings (SSSR count). The van der Waals surface area contributed by atoms with Gasteiger partial charge in [0.05, 0.1) is 0 Å². The van der Waals surface area contributed by atoms with Crippen LogP contribution in [0.1, 0.15) is 10.9 Å². The molecule has 0 spiro atoms. The van der Waals surface area contributed by atoms with Crippen molar-refractivity contribution in [3.63, 3.8) is 0 Å². The van der Waals surface area contributed by atoms with Crippen LogP contribution >= 0.6 is 11.8 Å². The Morgan fingerprint density at radius 3 is 2.61 bits per heavy atom. The normalized spacial score (nSPS) is 17.3. The third-order valence-corrected chi connectivity index (χ3v) is 4.74. The number of thioether (sulfide) groups is 1. The maximum atomic E-state index is 13.9. The van der Waals surface area contributed by atoms with E-state index in [0.29, 0.717) is 17.9 Å². The van der Waals surface area contributed by atoms with Crippen molar-refractivity contribution in [3.8, 4) is 0 Å². The van der Waals surface area contributed by atoms with Crippen LogP contribution in [0.25, 0.3) is 0 Å². The van der Waals surface area contributed by atoms with Crippen molar-refractivity contribution >= 4 is 23.5 Å². The van der Waals surface area contributed by atoms with Gasteiger partial charge in [-0.1, -0.05) is 18.2 Å². The van der Waals surface area contributed by atoms with Crippen LogP contribution in [-0.2, 0) is 0 Å². The molecule has 1 atom stereocenters. The molecule has 0 bridgehead atoms. The number of benzene rings is 2. The topological polar surface area (TPSA) is 32.3 Å². The third kappa shape index (κ3) is 3.29. The first kappa shape index (κ1) is 15.7. The maximum absolute atomic E-state index is 13.9. The van der Waals surface area contributed by atoms with Crippen molar-refractivity contribution in [2.75, 3.05) is 17.6 Å². The Bertz CT molecular complexity index is 741. The van der Waals surface area contributed by atoms with Crippen molar-refractivity contribution in [2.24, 2.45) is 0 Å². The summed E-state index contributed by atoms with van der Waals surface area (Å²) in [7, 11) is 0. The highest BCUT2D eigenvalue weighted by atomic mass is 32.2. The Hall–Kier alpha value is -2.15. The van der Waals surface area contributed by atoms with Gasteiger partial charge in [-0.05, 0) is 18.2 Å². The Balaban J connectivity index is 1.78. The van der Waals surface area contributed by atoms with Crippen LogP contribution < -0.4 is 5.32 Å². The number of hydrogen-bond donors (Lipinski definition) is 1. The maximum Gasteiger partial charge on any atom is 0.323 e. The van der Waals surface area contributed by atoms with E-state index in [9.17, 15) is 18.0 Å². The first-order chi connectivity index (χ1) is 11.1. The highest BCUT2D eigenvalue weighted by Gasteiger charge is 2.32. The number of carbonyl (C=O) groups excluding carboxylic acids is 1. The van der Waals surface area contributed by atoms with Crippen LogP contribution in [0.5, 0.6) is 0 Å². The van der Waals surface area contributed by atoms with E-state index in [1.165, 1.54) is 28.8 Å². The van der Waals surface area contributed by atoms with E-state index in [2.05, 4.69) is 5.32 Å². The highest BCUT2D eigenvalue weighted by molar-refractivity contribution is 7.99. The van der Waals surface area contributed by atoms with E-state index in [-0.39, 0.29) is 11.5 Å². The SMILES string of the molecule is O=C(Nc1ccc(F)c(F)c1)N1CCS[C@H]1c1ccccc1F. The molecule has 1 aliphatic rings. The summed E-state index contributed by atoms with van der Waals surface area (Å²) in [6.45, 7) is 0.444. The van der Waals surface area contributed by atoms with Crippen molar-refractivity contribution in [2.45, 2.75) is 5.37 Å². The lowest BCUT2D eigenvalue weighted by Crippen LogP contribution is -2.34. The van der Waals surface area contributed by atoms with E-state index >= 15 is 0 Å². The number of rotatable bonds is 2. The van der Waals surface area contributed by atoms with E-state index in [0.717, 1.165) is 12.1 Å². The summed E-state index contributed by atoms with van der Waals surface area (Å²) in [5, 5.41) is 2.07. The molecular weight excluding hydrogens is 325 g/mol. The van der Waals surface area contributed by atoms with Gasteiger partial charge in [0.15, 0.2) is 11.6 Å². The first-order valence-electron chi connectivity index (χ1n) is 6.95. The first-order valence-corrected chi connectivity index (χ1v) is 8.00. The lowest BCUT2D eigenvalue weighted by Gasteiger charge is -2.24. The minimum atomic E-state index is -1.04. The van der Waals surface area contributed by atoms with Crippen molar-refractivity contribution in [1.82, 2.24) is 4.90 Å². The number of anilines is 1. The van der Waals surface area contributed by atoms with Crippen LogP contribution in [0.2, 0.25) is 0 Å². The molecule has 0 unspecified atom stereocenters. The summed E-state index contributed by atoms with van der Waals surface area (Å²) >= 11 is 1.45. The van der Waals surface area contributed by atoms with E-state index in [1.807, 2.05) is 0 Å². The third-order valence-electron chi connectivity index (χ3n) is 3.49. The zero-order valence-electron chi connectivity index (χ0n) is 11.9. The summed E-state index contributed by atoms with van der Waals surface area (Å²) < 4.78 is 40.1. The second-order valence-corrected chi connectivity index (χ2v) is 6.19. The summed E-state index contributed by atoms with van der Waals surface area (Å²) in [4.78, 5) is 13.8. The number of carbonyl (C=O) groups is 1. The summed E-state index contributed by atoms with van der Waals surface area (Å²) in [6.07, 6.45) is 0. The molecule has 23 heavy (non-hydrogen) atoms. The van der Waals surface area contributed by atoms with E-state index < -0.39 is 23.0 Å². The van der Waals surface area contributed by atoms with Gasteiger partial charge in [-0.3, -0.25) is 0 Å². The van der Waals surface area contributed by atoms with Gasteiger partial charge in [0.1, 0.15) is 11.2 Å². The number of halogens is 3. The van der Waals surface area contributed by atoms with Crippen molar-refractivity contribution < 1.29 is 18.0 Å². The van der Waals surface area contributed by atoms with Crippen molar-refractivity contribution in [3.05, 3.63) is 65.5 Å². The van der Waals surface area contributed by atoms with Gasteiger partial charge in [-0.25, -0.2) is 18.0 Å². The molecule has 7 heteroatoms. The molecule has 1 aliphatic heterocycles. The minimum Gasteiger partial charge on any atom is -0.308 e. The van der Waals surface area contributed by atoms with Crippen molar-refractivity contribution in [1.29, 1.82) is 0 Å². The molecule has 3 nitrogen and oxygen atoms in total. The fourth-order valence-electron chi connectivity index (χ4n) is 2.38. The lowest BCUT2D eigenvalue weighted by atomic mass is 10.2. The molecule has 120 valence electrons. The standard InChI is InChI=1S/C16H13F3N2OS/c17-12-4-2-1-3-11(12)15-21(7-8-23-15)16(22)20-10-5-6-13(18)14(19)9-10/h1-6,9,15H,7-8H2,(H,20,22)/t15-/m0/s1. The Kier molecular flexibility index (Phi) is 4.47. The molecule has 1 saturated heterocycles. The average molecular weight is 338 g/mol. The average Bonchev–Trinajstić information content (AvgIpc) is 3.01. The second-order valence-electron chi connectivity index (χ2n) is 5.00. The Labute approximate surface area is 135 Å². The largest absolute Gasteiger partial charge is 0.323 e. The molecule has 2 aromatic rings. The molecule has 0 saturated carbocycles. The smallest absolute Gasteiger partial charge is 0.308 e. The van der Waals surface area contributed by atoms with Gasteiger partial charge in [0.25, 0.3) is 0 Å². The summed E-state index contributed by atoms with van der Waals surface area (Å²) in [5.41, 5.74) is 0.577. The fraction of sp³-hybridized carbons (Fsp3) is 0.188. The van der Waals surface area contributed by atoms with Gasteiger partial charge in [0, 0.05) is 29.6 Å². The fourth-order valence-corrected chi connectivity index (χ4v) is 3.66. The summed E-state index contributed by atoms with van der Waals surface area (Å²) in [6, 6.07) is 8.93. The molecule has 0 aromatic heterocycles. The minimum absolute atomic E-state index is 0.151. The molecule has 1 heterocycles. The molecule has 0 radical (unpaired) electrons. The number of amides is 2. The number of hydrogen-bond acceptors (Lipinski definition) is 2. The lowest BCUT2D eigenvalue weighted by molar-refractivity contribution is 0.213. The zero-order chi connectivity index (χ0) is 16.4. The molecule has 2 aromatic carbocycles. The number of urea groups is 1. The Morgan fingerprint density at radius 1 is 1.09 bits per heavy atom. The quantitative estimate of drug-likeness (QED) is 0.881. The van der Waals surface area contributed by atoms with E-state index in [1.54, 1.807) is 18.2 Å². The predicted octanol–water partition coefficient (Wildman–Crippen LogP) is 4.38. The van der Waals surface area contributed by atoms with Crippen LogP contribution in [0.3, 0.4) is 0 Å². The van der Waals surface area contributed by atoms with Gasteiger partial charge in [0.2, 0.25) is 0 Å². The summed E-state index contributed by atoms with van der Waals surface area (Å²) in [5.74, 6) is -1.73.